The van der Waals surface area contributed by atoms with E-state index >= 15 is 0 Å². The quantitative estimate of drug-likeness (QED) is 0.826. The number of thiophene rings is 1. The molecule has 106 valence electrons. The molecule has 0 saturated carbocycles. The van der Waals surface area contributed by atoms with Crippen molar-refractivity contribution in [3.05, 3.63) is 15.4 Å². The van der Waals surface area contributed by atoms with Crippen molar-refractivity contribution >= 4 is 43.3 Å². The maximum Gasteiger partial charge on any atom is 0.323 e. The molecule has 1 aliphatic heterocycles. The molecule has 1 aromatic rings. The minimum absolute atomic E-state index is 0.125. The number of aliphatic carboxylic acids is 1. The summed E-state index contributed by atoms with van der Waals surface area (Å²) < 4.78 is 27.0. The summed E-state index contributed by atoms with van der Waals surface area (Å²) in [6.07, 6.45) is 0. The normalized spacial score (nSPS) is 21.5. The van der Waals surface area contributed by atoms with Crippen LogP contribution in [0.5, 0.6) is 0 Å². The molecule has 1 aromatic heterocycles. The first-order valence-corrected chi connectivity index (χ1v) is 8.60. The fraction of sp³-hybridized carbons (Fsp3) is 0.500. The van der Waals surface area contributed by atoms with Crippen molar-refractivity contribution in [2.75, 3.05) is 19.6 Å². The Bertz CT molecular complexity index is 579. The Morgan fingerprint density at radius 3 is 2.84 bits per heavy atom. The zero-order valence-corrected chi connectivity index (χ0v) is 13.3. The van der Waals surface area contributed by atoms with Gasteiger partial charge >= 0.3 is 5.97 Å². The van der Waals surface area contributed by atoms with Crippen molar-refractivity contribution in [3.63, 3.8) is 0 Å². The minimum Gasteiger partial charge on any atom is -0.480 e. The molecule has 19 heavy (non-hydrogen) atoms. The van der Waals surface area contributed by atoms with Gasteiger partial charge in [0.2, 0.25) is 0 Å². The zero-order chi connectivity index (χ0) is 14.2. The molecule has 0 aromatic carbocycles. The Balaban J connectivity index is 2.39. The first-order valence-electron chi connectivity index (χ1n) is 5.55. The molecule has 2 N–H and O–H groups in total. The molecule has 0 aliphatic carbocycles. The number of piperazine rings is 1. The second kappa shape index (κ2) is 5.49. The lowest BCUT2D eigenvalue weighted by Crippen LogP contribution is -2.56. The largest absolute Gasteiger partial charge is 0.480 e. The van der Waals surface area contributed by atoms with Gasteiger partial charge < -0.3 is 10.4 Å². The van der Waals surface area contributed by atoms with Gasteiger partial charge in [-0.1, -0.05) is 0 Å². The van der Waals surface area contributed by atoms with Gasteiger partial charge in [0.15, 0.2) is 0 Å². The molecular formula is C10H13BrN2O4S2. The number of nitrogens with zero attached hydrogens (tertiary/aromatic N) is 1. The molecule has 1 saturated heterocycles. The maximum atomic E-state index is 12.5. The van der Waals surface area contributed by atoms with Crippen molar-refractivity contribution in [1.82, 2.24) is 9.62 Å². The van der Waals surface area contributed by atoms with Crippen LogP contribution < -0.4 is 5.32 Å². The Kier molecular flexibility index (Phi) is 4.31. The second-order valence-electron chi connectivity index (χ2n) is 4.20. The summed E-state index contributed by atoms with van der Waals surface area (Å²) >= 11 is 4.39. The molecule has 9 heteroatoms. The number of hydrogen-bond donors (Lipinski definition) is 2. The highest BCUT2D eigenvalue weighted by atomic mass is 79.9. The molecule has 0 amide bonds. The molecule has 1 unspecified atom stereocenters. The fourth-order valence-electron chi connectivity index (χ4n) is 1.86. The monoisotopic (exact) mass is 368 g/mol. The number of halogens is 1. The predicted octanol–water partition coefficient (Wildman–Crippen LogP) is 0.866. The molecule has 1 atom stereocenters. The van der Waals surface area contributed by atoms with Gasteiger partial charge in [0, 0.05) is 19.6 Å². The molecule has 6 nitrogen and oxygen atoms in total. The first kappa shape index (κ1) is 14.9. The zero-order valence-electron chi connectivity index (χ0n) is 10.1. The van der Waals surface area contributed by atoms with Crippen LogP contribution in [0.3, 0.4) is 0 Å². The second-order valence-corrected chi connectivity index (χ2v) is 8.68. The Hall–Kier alpha value is -0.480. The Labute approximate surface area is 123 Å². The van der Waals surface area contributed by atoms with E-state index in [2.05, 4.69) is 21.2 Å². The van der Waals surface area contributed by atoms with Crippen molar-refractivity contribution < 1.29 is 18.3 Å². The van der Waals surface area contributed by atoms with Crippen molar-refractivity contribution in [3.8, 4) is 0 Å². The van der Waals surface area contributed by atoms with Gasteiger partial charge in [-0.25, -0.2) is 8.42 Å². The number of carboxylic acids is 1. The highest BCUT2D eigenvalue weighted by Crippen LogP contribution is 2.33. The van der Waals surface area contributed by atoms with Crippen molar-refractivity contribution in [2.24, 2.45) is 0 Å². The van der Waals surface area contributed by atoms with Gasteiger partial charge in [-0.3, -0.25) is 4.79 Å². The third-order valence-corrected chi connectivity index (χ3v) is 7.37. The van der Waals surface area contributed by atoms with Crippen LogP contribution in [-0.2, 0) is 14.8 Å². The molecular weight excluding hydrogens is 356 g/mol. The minimum atomic E-state index is -3.76. The average molecular weight is 369 g/mol. The summed E-state index contributed by atoms with van der Waals surface area (Å²) in [5.74, 6) is -1.14. The van der Waals surface area contributed by atoms with Crippen LogP contribution in [0.4, 0.5) is 0 Å². The standard InChI is InChI=1S/C10H13BrN2O4S2/c1-6-4-8(18-9(6)11)19(16,17)13-3-2-12-5-7(13)10(14)15/h4,7,12H,2-3,5H2,1H3,(H,14,15). The number of carboxylic acid groups (broad SMARTS) is 1. The van der Waals surface area contributed by atoms with Crippen molar-refractivity contribution in [1.29, 1.82) is 0 Å². The van der Waals surface area contributed by atoms with Crippen LogP contribution in [0.25, 0.3) is 0 Å². The topological polar surface area (TPSA) is 86.7 Å². The first-order chi connectivity index (χ1) is 8.84. The number of carbonyl (C=O) groups is 1. The van der Waals surface area contributed by atoms with E-state index in [0.29, 0.717) is 6.54 Å². The lowest BCUT2D eigenvalue weighted by Gasteiger charge is -2.31. The third kappa shape index (κ3) is 2.84. The lowest BCUT2D eigenvalue weighted by molar-refractivity contribution is -0.141. The van der Waals surface area contributed by atoms with Crippen LogP contribution in [0.2, 0.25) is 0 Å². The summed E-state index contributed by atoms with van der Waals surface area (Å²) in [6, 6.07) is 0.505. The van der Waals surface area contributed by atoms with E-state index in [1.807, 2.05) is 0 Å². The SMILES string of the molecule is Cc1cc(S(=O)(=O)N2CCNCC2C(=O)O)sc1Br. The van der Waals surface area contributed by atoms with E-state index in [1.54, 1.807) is 13.0 Å². The van der Waals surface area contributed by atoms with Crippen molar-refractivity contribution in [2.45, 2.75) is 17.2 Å². The summed E-state index contributed by atoms with van der Waals surface area (Å²) in [7, 11) is -3.76. The van der Waals surface area contributed by atoms with E-state index in [-0.39, 0.29) is 17.3 Å². The van der Waals surface area contributed by atoms with E-state index in [9.17, 15) is 13.2 Å². The van der Waals surface area contributed by atoms with Crippen LogP contribution in [0.15, 0.2) is 14.1 Å². The fourth-order valence-corrected chi connectivity index (χ4v) is 5.80. The predicted molar refractivity (Wildman–Crippen MR) is 74.9 cm³/mol. The lowest BCUT2D eigenvalue weighted by atomic mass is 10.2. The molecule has 2 heterocycles. The molecule has 0 spiro atoms. The molecule has 1 fully saturated rings. The highest BCUT2D eigenvalue weighted by Gasteiger charge is 2.38. The Morgan fingerprint density at radius 1 is 1.63 bits per heavy atom. The van der Waals surface area contributed by atoms with Gasteiger partial charge in [-0.15, -0.1) is 11.3 Å². The summed E-state index contributed by atoms with van der Waals surface area (Å²) in [5, 5.41) is 12.0. The van der Waals surface area contributed by atoms with Gasteiger partial charge in [0.25, 0.3) is 10.0 Å². The van der Waals surface area contributed by atoms with Crippen LogP contribution in [-0.4, -0.2) is 49.5 Å². The highest BCUT2D eigenvalue weighted by molar-refractivity contribution is 9.11. The summed E-state index contributed by atoms with van der Waals surface area (Å²) in [6.45, 7) is 2.54. The van der Waals surface area contributed by atoms with E-state index < -0.39 is 22.0 Å². The summed E-state index contributed by atoms with van der Waals surface area (Å²) in [4.78, 5) is 11.2. The van der Waals surface area contributed by atoms with Crippen LogP contribution in [0, 0.1) is 6.92 Å². The summed E-state index contributed by atoms with van der Waals surface area (Å²) in [5.41, 5.74) is 0.825. The number of rotatable bonds is 3. The van der Waals surface area contributed by atoms with Gasteiger partial charge in [-0.2, -0.15) is 4.31 Å². The van der Waals surface area contributed by atoms with Gasteiger partial charge in [0.05, 0.1) is 3.79 Å². The van der Waals surface area contributed by atoms with E-state index in [0.717, 1.165) is 25.0 Å². The number of sulfonamides is 1. The molecule has 2 rings (SSSR count). The molecule has 1 aliphatic rings. The molecule has 0 bridgehead atoms. The number of hydrogen-bond acceptors (Lipinski definition) is 5. The van der Waals surface area contributed by atoms with Gasteiger partial charge in [-0.05, 0) is 34.5 Å². The number of nitrogens with one attached hydrogen (secondary N) is 1. The number of aryl methyl sites for hydroxylation is 1. The average Bonchev–Trinajstić information content (AvgIpc) is 2.70. The van der Waals surface area contributed by atoms with E-state index in [1.165, 1.54) is 0 Å². The third-order valence-electron chi connectivity index (χ3n) is 2.88. The maximum absolute atomic E-state index is 12.5. The van der Waals surface area contributed by atoms with Gasteiger partial charge in [0.1, 0.15) is 10.3 Å². The van der Waals surface area contributed by atoms with Crippen LogP contribution >= 0.6 is 27.3 Å². The Morgan fingerprint density at radius 2 is 2.32 bits per heavy atom. The molecule has 0 radical (unpaired) electrons. The van der Waals surface area contributed by atoms with Crippen LogP contribution in [0.1, 0.15) is 5.56 Å². The smallest absolute Gasteiger partial charge is 0.323 e. The van der Waals surface area contributed by atoms with E-state index in [4.69, 9.17) is 5.11 Å².